The van der Waals surface area contributed by atoms with Gasteiger partial charge in [0, 0.05) is 5.54 Å². The first-order chi connectivity index (χ1) is 6.53. The Hall–Kier alpha value is -1.23. The van der Waals surface area contributed by atoms with E-state index in [-0.39, 0.29) is 5.54 Å². The van der Waals surface area contributed by atoms with Crippen molar-refractivity contribution in [3.05, 3.63) is 18.3 Å². The van der Waals surface area contributed by atoms with E-state index in [0.717, 1.165) is 12.6 Å². The Labute approximate surface area is 82.8 Å². The molecule has 0 saturated carbocycles. The van der Waals surface area contributed by atoms with Gasteiger partial charge in [-0.2, -0.15) is 9.37 Å². The Bertz CT molecular complexity index is 301. The summed E-state index contributed by atoms with van der Waals surface area (Å²) in [5.41, 5.74) is 5.25. The molecule has 1 aromatic rings. The fraction of sp³-hybridized carbons (Fsp3) is 0.556. The maximum absolute atomic E-state index is 12.7. The van der Waals surface area contributed by atoms with Gasteiger partial charge in [0.25, 0.3) is 0 Å². The zero-order valence-corrected chi connectivity index (χ0v) is 8.42. The van der Waals surface area contributed by atoms with Crippen LogP contribution in [0.2, 0.25) is 0 Å². The Morgan fingerprint density at radius 2 is 2.21 bits per heavy atom. The van der Waals surface area contributed by atoms with Crippen molar-refractivity contribution in [3.8, 4) is 0 Å². The third-order valence-electron chi connectivity index (χ3n) is 1.84. The van der Waals surface area contributed by atoms with Crippen molar-refractivity contribution < 1.29 is 4.39 Å². The van der Waals surface area contributed by atoms with Gasteiger partial charge in [-0.15, -0.1) is 0 Å². The predicted octanol–water partition coefficient (Wildman–Crippen LogP) is 1.16. The first kappa shape index (κ1) is 10.8. The molecule has 0 amide bonds. The molecule has 0 spiro atoms. The van der Waals surface area contributed by atoms with Gasteiger partial charge < -0.3 is 11.1 Å². The molecule has 0 atom stereocenters. The molecule has 78 valence electrons. The van der Waals surface area contributed by atoms with Crippen LogP contribution in [0.25, 0.3) is 0 Å². The largest absolute Gasteiger partial charge is 0.364 e. The molecule has 0 saturated heterocycles. The summed E-state index contributed by atoms with van der Waals surface area (Å²) >= 11 is 0. The van der Waals surface area contributed by atoms with Crippen LogP contribution in [0.1, 0.15) is 20.3 Å². The first-order valence-corrected chi connectivity index (χ1v) is 4.49. The second-order valence-corrected chi connectivity index (χ2v) is 3.77. The fourth-order valence-corrected chi connectivity index (χ4v) is 1.17. The van der Waals surface area contributed by atoms with Gasteiger partial charge in [-0.1, -0.05) is 0 Å². The highest BCUT2D eigenvalue weighted by Crippen LogP contribution is 2.14. The minimum atomic E-state index is -0.585. The minimum Gasteiger partial charge on any atom is -0.364 e. The average Bonchev–Trinajstić information content (AvgIpc) is 2.02. The van der Waals surface area contributed by atoms with Crippen LogP contribution in [0.3, 0.4) is 0 Å². The van der Waals surface area contributed by atoms with Crippen LogP contribution in [-0.2, 0) is 0 Å². The Morgan fingerprint density at radius 3 is 2.79 bits per heavy atom. The highest BCUT2D eigenvalue weighted by Gasteiger charge is 2.16. The molecule has 0 unspecified atom stereocenters. The van der Waals surface area contributed by atoms with E-state index in [1.165, 1.54) is 6.20 Å². The van der Waals surface area contributed by atoms with Crippen molar-refractivity contribution in [2.45, 2.75) is 25.8 Å². The zero-order valence-electron chi connectivity index (χ0n) is 8.42. The summed E-state index contributed by atoms with van der Waals surface area (Å²) in [7, 11) is 0. The zero-order chi connectivity index (χ0) is 10.6. The molecular weight excluding hydrogens is 183 g/mol. The molecule has 5 heteroatoms. The molecule has 1 aromatic heterocycles. The second-order valence-electron chi connectivity index (χ2n) is 3.77. The van der Waals surface area contributed by atoms with Gasteiger partial charge in [0.15, 0.2) is 0 Å². The van der Waals surface area contributed by atoms with E-state index in [9.17, 15) is 4.39 Å². The molecule has 0 aromatic carbocycles. The van der Waals surface area contributed by atoms with Gasteiger partial charge in [-0.25, -0.2) is 0 Å². The highest BCUT2D eigenvalue weighted by atomic mass is 19.1. The van der Waals surface area contributed by atoms with Gasteiger partial charge in [0.1, 0.15) is 5.82 Å². The molecule has 3 N–H and O–H groups in total. The van der Waals surface area contributed by atoms with E-state index in [1.54, 1.807) is 0 Å². The standard InChI is InChI=1S/C9H15FN4/c1-9(2,3-4-11)14-8-6-12-5-7(10)13-8/h5-6H,3-4,11H2,1-2H3,(H,13,14). The van der Waals surface area contributed by atoms with E-state index >= 15 is 0 Å². The monoisotopic (exact) mass is 198 g/mol. The normalized spacial score (nSPS) is 11.4. The van der Waals surface area contributed by atoms with Crippen molar-refractivity contribution in [1.82, 2.24) is 9.97 Å². The van der Waals surface area contributed by atoms with E-state index in [1.807, 2.05) is 13.8 Å². The van der Waals surface area contributed by atoms with Crippen molar-refractivity contribution in [2.24, 2.45) is 5.73 Å². The predicted molar refractivity (Wildman–Crippen MR) is 53.4 cm³/mol. The molecule has 14 heavy (non-hydrogen) atoms. The Balaban J connectivity index is 2.68. The van der Waals surface area contributed by atoms with Crippen LogP contribution in [-0.4, -0.2) is 22.1 Å². The average molecular weight is 198 g/mol. The number of aromatic nitrogens is 2. The summed E-state index contributed by atoms with van der Waals surface area (Å²) in [5, 5.41) is 3.07. The highest BCUT2D eigenvalue weighted by molar-refractivity contribution is 5.33. The molecule has 0 bridgehead atoms. The third kappa shape index (κ3) is 3.26. The maximum atomic E-state index is 12.7. The van der Waals surface area contributed by atoms with Gasteiger partial charge >= 0.3 is 0 Å². The van der Waals surface area contributed by atoms with Crippen LogP contribution in [0.4, 0.5) is 10.2 Å². The summed E-state index contributed by atoms with van der Waals surface area (Å²) in [5.74, 6) is -0.151. The van der Waals surface area contributed by atoms with E-state index in [0.29, 0.717) is 12.4 Å². The van der Waals surface area contributed by atoms with Gasteiger partial charge in [-0.3, -0.25) is 4.98 Å². The first-order valence-electron chi connectivity index (χ1n) is 4.49. The fourth-order valence-electron chi connectivity index (χ4n) is 1.17. The van der Waals surface area contributed by atoms with Crippen molar-refractivity contribution in [3.63, 3.8) is 0 Å². The molecule has 0 radical (unpaired) electrons. The third-order valence-corrected chi connectivity index (χ3v) is 1.84. The lowest BCUT2D eigenvalue weighted by Crippen LogP contribution is -2.33. The van der Waals surface area contributed by atoms with Gasteiger partial charge in [-0.05, 0) is 26.8 Å². The lowest BCUT2D eigenvalue weighted by atomic mass is 10.0. The Kier molecular flexibility index (Phi) is 3.35. The van der Waals surface area contributed by atoms with E-state index in [2.05, 4.69) is 15.3 Å². The van der Waals surface area contributed by atoms with Crippen LogP contribution in [0, 0.1) is 5.95 Å². The molecule has 1 heterocycles. The number of nitrogens with two attached hydrogens (primary N) is 1. The lowest BCUT2D eigenvalue weighted by molar-refractivity contribution is 0.518. The smallest absolute Gasteiger partial charge is 0.233 e. The lowest BCUT2D eigenvalue weighted by Gasteiger charge is -2.25. The molecule has 4 nitrogen and oxygen atoms in total. The van der Waals surface area contributed by atoms with E-state index in [4.69, 9.17) is 5.73 Å². The van der Waals surface area contributed by atoms with Crippen LogP contribution in [0.15, 0.2) is 12.4 Å². The van der Waals surface area contributed by atoms with Crippen molar-refractivity contribution in [1.29, 1.82) is 0 Å². The number of hydrogen-bond acceptors (Lipinski definition) is 4. The molecule has 0 aliphatic heterocycles. The minimum absolute atomic E-state index is 0.197. The van der Waals surface area contributed by atoms with Gasteiger partial charge in [0.05, 0.1) is 12.4 Å². The van der Waals surface area contributed by atoms with Crippen molar-refractivity contribution in [2.75, 3.05) is 11.9 Å². The quantitative estimate of drug-likeness (QED) is 0.762. The summed E-state index contributed by atoms with van der Waals surface area (Å²) in [6.45, 7) is 4.53. The number of rotatable bonds is 4. The molecule has 0 aliphatic carbocycles. The number of anilines is 1. The van der Waals surface area contributed by atoms with E-state index < -0.39 is 5.95 Å². The number of halogens is 1. The Morgan fingerprint density at radius 1 is 1.50 bits per heavy atom. The summed E-state index contributed by atoms with van der Waals surface area (Å²) in [6.07, 6.45) is 3.34. The number of nitrogens with zero attached hydrogens (tertiary/aromatic N) is 2. The number of hydrogen-bond donors (Lipinski definition) is 2. The summed E-state index contributed by atoms with van der Waals surface area (Å²) in [4.78, 5) is 7.36. The topological polar surface area (TPSA) is 63.8 Å². The maximum Gasteiger partial charge on any atom is 0.233 e. The van der Waals surface area contributed by atoms with Crippen LogP contribution >= 0.6 is 0 Å². The second kappa shape index (κ2) is 4.32. The van der Waals surface area contributed by atoms with Crippen LogP contribution in [0.5, 0.6) is 0 Å². The number of nitrogens with one attached hydrogen (secondary N) is 1. The van der Waals surface area contributed by atoms with Crippen LogP contribution < -0.4 is 11.1 Å². The summed E-state index contributed by atoms with van der Waals surface area (Å²) in [6, 6.07) is 0. The summed E-state index contributed by atoms with van der Waals surface area (Å²) < 4.78 is 12.7. The molecular formula is C9H15FN4. The molecule has 1 rings (SSSR count). The SMILES string of the molecule is CC(C)(CCN)Nc1cncc(F)n1. The molecule has 0 fully saturated rings. The van der Waals surface area contributed by atoms with Crippen molar-refractivity contribution >= 4 is 5.82 Å². The van der Waals surface area contributed by atoms with Gasteiger partial charge in [0.2, 0.25) is 5.95 Å². The molecule has 0 aliphatic rings.